The quantitative estimate of drug-likeness (QED) is 0.200. The van der Waals surface area contributed by atoms with Crippen LogP contribution in [0.2, 0.25) is 0 Å². The monoisotopic (exact) mass is 589 g/mol. The molecule has 0 atom stereocenters. The van der Waals surface area contributed by atoms with Crippen molar-refractivity contribution in [3.8, 4) is 5.75 Å². The Labute approximate surface area is 197 Å². The van der Waals surface area contributed by atoms with E-state index in [-0.39, 0.29) is 80.5 Å². The molecule has 2 rings (SSSR count). The van der Waals surface area contributed by atoms with Gasteiger partial charge in [0.05, 0.1) is 0 Å². The molecule has 1 nitrogen and oxygen atoms in total. The van der Waals surface area contributed by atoms with Gasteiger partial charge in [-0.05, 0) is 28.9 Å². The number of phenolic OH excluding ortho intramolecular Hbond substituents is 1. The summed E-state index contributed by atoms with van der Waals surface area (Å²) in [5, 5.41) is 10.4. The molecule has 0 fully saturated rings. The van der Waals surface area contributed by atoms with E-state index in [0.29, 0.717) is 5.75 Å². The second kappa shape index (κ2) is 12.1. The molecule has 0 bridgehead atoms. The topological polar surface area (TPSA) is 20.2 Å². The third-order valence-corrected chi connectivity index (χ3v) is 3.46. The SMILES string of the molecule is Cc1cc(C(C)(C)C)c(O)c(C(C)(C)C)c1.I.I.[C-]1=CC=CC1.[Ti]. The molecule has 0 amide bonds. The summed E-state index contributed by atoms with van der Waals surface area (Å²) in [7, 11) is 0. The van der Waals surface area contributed by atoms with Crippen LogP contribution in [0.5, 0.6) is 5.75 Å². The minimum Gasteiger partial charge on any atom is -0.507 e. The Morgan fingerprint density at radius 2 is 1.33 bits per heavy atom. The van der Waals surface area contributed by atoms with E-state index in [2.05, 4.69) is 72.8 Å². The van der Waals surface area contributed by atoms with Crippen LogP contribution in [-0.4, -0.2) is 5.11 Å². The Bertz CT molecular complexity index is 505. The zero-order valence-electron chi connectivity index (χ0n) is 15.9. The fourth-order valence-corrected chi connectivity index (χ4v) is 2.26. The summed E-state index contributed by atoms with van der Waals surface area (Å²) in [5.41, 5.74) is 3.26. The van der Waals surface area contributed by atoms with Gasteiger partial charge in [-0.1, -0.05) is 59.2 Å². The van der Waals surface area contributed by atoms with Crippen molar-refractivity contribution < 1.29 is 26.8 Å². The van der Waals surface area contributed by atoms with Gasteiger partial charge in [0.1, 0.15) is 5.75 Å². The van der Waals surface area contributed by atoms with Crippen molar-refractivity contribution in [3.05, 3.63) is 53.1 Å². The summed E-state index contributed by atoms with van der Waals surface area (Å²) in [5.74, 6) is 0.464. The number of benzene rings is 1. The van der Waals surface area contributed by atoms with Crippen molar-refractivity contribution in [2.75, 3.05) is 0 Å². The van der Waals surface area contributed by atoms with Gasteiger partial charge in [-0.2, -0.15) is 6.08 Å². The summed E-state index contributed by atoms with van der Waals surface area (Å²) in [6, 6.07) is 4.18. The van der Waals surface area contributed by atoms with Crippen molar-refractivity contribution in [2.24, 2.45) is 0 Å². The fourth-order valence-electron chi connectivity index (χ4n) is 2.26. The number of hydrogen-bond donors (Lipinski definition) is 1. The minimum atomic E-state index is -0.0178. The van der Waals surface area contributed by atoms with Crippen LogP contribution in [0.15, 0.2) is 30.4 Å². The van der Waals surface area contributed by atoms with E-state index >= 15 is 0 Å². The second-order valence-corrected chi connectivity index (χ2v) is 7.71. The molecule has 0 saturated heterocycles. The zero-order valence-corrected chi connectivity index (χ0v) is 22.1. The molecule has 1 N–H and O–H groups in total. The van der Waals surface area contributed by atoms with Crippen LogP contribution in [0.3, 0.4) is 0 Å². The van der Waals surface area contributed by atoms with Gasteiger partial charge in [0.15, 0.2) is 0 Å². The van der Waals surface area contributed by atoms with Gasteiger partial charge >= 0.3 is 0 Å². The van der Waals surface area contributed by atoms with Crippen molar-refractivity contribution in [2.45, 2.75) is 65.7 Å². The molecule has 1 aromatic rings. The molecule has 0 spiro atoms. The van der Waals surface area contributed by atoms with Gasteiger partial charge in [-0.3, -0.25) is 6.08 Å². The molecule has 1 aliphatic carbocycles. The summed E-state index contributed by atoms with van der Waals surface area (Å²) in [6.45, 7) is 14.9. The summed E-state index contributed by atoms with van der Waals surface area (Å²) in [4.78, 5) is 0. The summed E-state index contributed by atoms with van der Waals surface area (Å²) < 4.78 is 0. The molecule has 0 unspecified atom stereocenters. The average molecular weight is 589 g/mol. The number of hydrogen-bond acceptors (Lipinski definition) is 1. The van der Waals surface area contributed by atoms with Crippen molar-refractivity contribution in [1.29, 1.82) is 0 Å². The normalized spacial score (nSPS) is 12.3. The van der Waals surface area contributed by atoms with Crippen LogP contribution in [-0.2, 0) is 32.5 Å². The molecule has 0 aromatic heterocycles. The predicted molar refractivity (Wildman–Crippen MR) is 123 cm³/mol. The maximum atomic E-state index is 10.4. The summed E-state index contributed by atoms with van der Waals surface area (Å²) in [6.07, 6.45) is 10.0. The van der Waals surface area contributed by atoms with E-state index in [0.717, 1.165) is 17.5 Å². The minimum absolute atomic E-state index is 0. The number of halogens is 2. The van der Waals surface area contributed by atoms with Crippen molar-refractivity contribution >= 4 is 48.0 Å². The number of phenols is 1. The number of allylic oxidation sites excluding steroid dienone is 4. The largest absolute Gasteiger partial charge is 0.507 e. The Balaban J connectivity index is -0.000000475. The van der Waals surface area contributed by atoms with E-state index in [4.69, 9.17) is 0 Å². The van der Waals surface area contributed by atoms with E-state index in [1.54, 1.807) is 0 Å². The third kappa shape index (κ3) is 9.39. The molecular weight excluding hydrogens is 558 g/mol. The predicted octanol–water partition coefficient (Wildman–Crippen LogP) is 6.83. The van der Waals surface area contributed by atoms with Crippen LogP contribution < -0.4 is 0 Å². The van der Waals surface area contributed by atoms with Gasteiger partial charge < -0.3 is 5.11 Å². The standard InChI is InChI=1S/C15H24O.C5H5.2HI.Ti/c1-10-8-11(14(2,3)4)13(16)12(9-10)15(5,6)7;1-2-4-5-3-1;;;/h8-9,16H,1-7H3;1-3H,4H2;2*1H;/q;-1;;;. The van der Waals surface area contributed by atoms with E-state index < -0.39 is 0 Å². The average Bonchev–Trinajstić information content (AvgIpc) is 2.87. The first-order valence-corrected chi connectivity index (χ1v) is 7.60. The molecule has 0 aliphatic heterocycles. The molecule has 1 aliphatic rings. The first-order valence-electron chi connectivity index (χ1n) is 7.60. The van der Waals surface area contributed by atoms with Gasteiger partial charge in [0, 0.05) is 21.7 Å². The van der Waals surface area contributed by atoms with E-state index in [9.17, 15) is 5.11 Å². The Morgan fingerprint density at radius 1 is 0.917 bits per heavy atom. The van der Waals surface area contributed by atoms with Gasteiger partial charge in [0.25, 0.3) is 0 Å². The molecule has 1 aromatic carbocycles. The smallest absolute Gasteiger partial charge is 0.123 e. The van der Waals surface area contributed by atoms with Crippen molar-refractivity contribution in [3.63, 3.8) is 0 Å². The zero-order chi connectivity index (χ0) is 16.3. The Morgan fingerprint density at radius 3 is 1.54 bits per heavy atom. The summed E-state index contributed by atoms with van der Waals surface area (Å²) >= 11 is 0. The maximum absolute atomic E-state index is 10.4. The molecule has 4 heteroatoms. The molecule has 136 valence electrons. The fraction of sp³-hybridized carbons (Fsp3) is 0.500. The van der Waals surface area contributed by atoms with Crippen LogP contribution in [0, 0.1) is 13.0 Å². The van der Waals surface area contributed by atoms with Crippen LogP contribution in [0.4, 0.5) is 0 Å². The van der Waals surface area contributed by atoms with E-state index in [1.165, 1.54) is 5.56 Å². The molecule has 0 radical (unpaired) electrons. The van der Waals surface area contributed by atoms with Crippen LogP contribution >= 0.6 is 48.0 Å². The van der Waals surface area contributed by atoms with Crippen molar-refractivity contribution in [1.82, 2.24) is 0 Å². The van der Waals surface area contributed by atoms with Gasteiger partial charge in [0.2, 0.25) is 0 Å². The molecule has 0 heterocycles. The van der Waals surface area contributed by atoms with E-state index in [1.807, 2.05) is 12.2 Å². The maximum Gasteiger partial charge on any atom is 0.123 e. The van der Waals surface area contributed by atoms with Crippen LogP contribution in [0.25, 0.3) is 0 Å². The molecular formula is C20H31I2OTi-. The Kier molecular flexibility index (Phi) is 14.9. The first-order chi connectivity index (χ1) is 9.53. The Hall–Kier alpha value is 0.674. The molecule has 24 heavy (non-hydrogen) atoms. The van der Waals surface area contributed by atoms with Gasteiger partial charge in [-0.25, -0.2) is 12.2 Å². The van der Waals surface area contributed by atoms with Crippen LogP contribution in [0.1, 0.15) is 64.7 Å². The van der Waals surface area contributed by atoms with Gasteiger partial charge in [-0.15, -0.1) is 54.4 Å². The molecule has 0 saturated carbocycles. The third-order valence-electron chi connectivity index (χ3n) is 3.46. The number of rotatable bonds is 0. The first kappa shape index (κ1) is 29.4. The second-order valence-electron chi connectivity index (χ2n) is 7.71. The number of aromatic hydroxyl groups is 1. The number of aryl methyl sites for hydroxylation is 1.